The second-order valence-corrected chi connectivity index (χ2v) is 6.03. The summed E-state index contributed by atoms with van der Waals surface area (Å²) in [7, 11) is 1.45. The van der Waals surface area contributed by atoms with Crippen LogP contribution < -0.4 is 9.64 Å². The largest absolute Gasteiger partial charge is 0.497 e. The fourth-order valence-corrected chi connectivity index (χ4v) is 3.14. The summed E-state index contributed by atoms with van der Waals surface area (Å²) in [4.78, 5) is 35.1. The summed E-state index contributed by atoms with van der Waals surface area (Å²) in [6.45, 7) is 1.71. The average molecular weight is 310 g/mol. The van der Waals surface area contributed by atoms with Crippen LogP contribution in [0.15, 0.2) is 18.2 Å². The Labute approximate surface area is 125 Å². The fourth-order valence-electron chi connectivity index (χ4n) is 2.22. The highest BCUT2D eigenvalue weighted by molar-refractivity contribution is 8.14. The van der Waals surface area contributed by atoms with Crippen molar-refractivity contribution in [2.45, 2.75) is 18.6 Å². The van der Waals surface area contributed by atoms with Crippen LogP contribution in [0.5, 0.6) is 5.75 Å². The molecule has 0 aliphatic carbocycles. The third kappa shape index (κ3) is 3.33. The first kappa shape index (κ1) is 15.3. The van der Waals surface area contributed by atoms with E-state index in [9.17, 15) is 19.7 Å². The molecule has 1 aliphatic heterocycles. The first-order chi connectivity index (χ1) is 9.92. The van der Waals surface area contributed by atoms with Crippen LogP contribution in [-0.4, -0.2) is 34.9 Å². The lowest BCUT2D eigenvalue weighted by molar-refractivity contribution is -0.384. The Morgan fingerprint density at radius 2 is 2.24 bits per heavy atom. The minimum atomic E-state index is -0.534. The van der Waals surface area contributed by atoms with Gasteiger partial charge in [0.25, 0.3) is 5.69 Å². The molecule has 1 aromatic carbocycles. The van der Waals surface area contributed by atoms with Gasteiger partial charge in [-0.05, 0) is 6.07 Å². The summed E-state index contributed by atoms with van der Waals surface area (Å²) in [5.41, 5.74) is 0.0497. The Hall–Kier alpha value is -2.09. The number of rotatable bonds is 4. The zero-order chi connectivity index (χ0) is 15.6. The van der Waals surface area contributed by atoms with E-state index in [1.807, 2.05) is 0 Å². The van der Waals surface area contributed by atoms with Gasteiger partial charge in [0, 0.05) is 37.3 Å². The fraction of sp³-hybridized carbons (Fsp3) is 0.385. The van der Waals surface area contributed by atoms with Crippen molar-refractivity contribution in [1.82, 2.24) is 0 Å². The summed E-state index contributed by atoms with van der Waals surface area (Å²) in [6, 6.07) is 4.26. The number of carbonyl (C=O) groups is 2. The number of nitrogens with zero attached hydrogens (tertiary/aromatic N) is 2. The van der Waals surface area contributed by atoms with Gasteiger partial charge in [0.2, 0.25) is 5.91 Å². The first-order valence-corrected chi connectivity index (χ1v) is 7.10. The molecule has 1 atom stereocenters. The van der Waals surface area contributed by atoms with Crippen LogP contribution in [0.25, 0.3) is 0 Å². The molecule has 2 rings (SSSR count). The number of benzene rings is 1. The van der Waals surface area contributed by atoms with E-state index in [4.69, 9.17) is 4.74 Å². The van der Waals surface area contributed by atoms with E-state index in [2.05, 4.69) is 0 Å². The van der Waals surface area contributed by atoms with Gasteiger partial charge in [-0.2, -0.15) is 0 Å². The van der Waals surface area contributed by atoms with Crippen LogP contribution in [0.1, 0.15) is 13.3 Å². The molecule has 7 nitrogen and oxygen atoms in total. The quantitative estimate of drug-likeness (QED) is 0.624. The third-order valence-electron chi connectivity index (χ3n) is 3.09. The smallest absolute Gasteiger partial charge is 0.293 e. The van der Waals surface area contributed by atoms with Gasteiger partial charge in [0.1, 0.15) is 11.4 Å². The molecule has 1 unspecified atom stereocenters. The van der Waals surface area contributed by atoms with Crippen molar-refractivity contribution >= 4 is 34.2 Å². The van der Waals surface area contributed by atoms with Gasteiger partial charge in [-0.1, -0.05) is 11.8 Å². The average Bonchev–Trinajstić information content (AvgIpc) is 2.77. The molecule has 0 radical (unpaired) electrons. The van der Waals surface area contributed by atoms with Crippen LogP contribution in [0.4, 0.5) is 11.4 Å². The van der Waals surface area contributed by atoms with Crippen molar-refractivity contribution in [3.63, 3.8) is 0 Å². The summed E-state index contributed by atoms with van der Waals surface area (Å²) in [5, 5.41) is 10.9. The van der Waals surface area contributed by atoms with Crippen molar-refractivity contribution in [2.75, 3.05) is 18.6 Å². The van der Waals surface area contributed by atoms with Crippen molar-refractivity contribution in [1.29, 1.82) is 0 Å². The molecular weight excluding hydrogens is 296 g/mol. The molecule has 21 heavy (non-hydrogen) atoms. The number of nitro benzene ring substituents is 1. The molecule has 1 amide bonds. The molecule has 0 N–H and O–H groups in total. The Morgan fingerprint density at radius 1 is 1.52 bits per heavy atom. The van der Waals surface area contributed by atoms with E-state index in [0.717, 1.165) is 11.8 Å². The van der Waals surface area contributed by atoms with Gasteiger partial charge < -0.3 is 9.64 Å². The highest BCUT2D eigenvalue weighted by Crippen LogP contribution is 2.36. The van der Waals surface area contributed by atoms with Crippen molar-refractivity contribution in [2.24, 2.45) is 0 Å². The lowest BCUT2D eigenvalue weighted by atomic mass is 10.2. The number of nitro groups is 1. The number of thioether (sulfide) groups is 1. The minimum absolute atomic E-state index is 0.0743. The summed E-state index contributed by atoms with van der Waals surface area (Å²) >= 11 is 1.09. The molecule has 1 saturated heterocycles. The number of ether oxygens (including phenoxy) is 1. The molecule has 0 spiro atoms. The van der Waals surface area contributed by atoms with Gasteiger partial charge in [-0.3, -0.25) is 19.7 Å². The van der Waals surface area contributed by atoms with E-state index in [1.165, 1.54) is 37.1 Å². The molecule has 8 heteroatoms. The first-order valence-electron chi connectivity index (χ1n) is 6.22. The monoisotopic (exact) mass is 310 g/mol. The summed E-state index contributed by atoms with van der Waals surface area (Å²) in [5.74, 6) is 0.205. The number of hydrogen-bond acceptors (Lipinski definition) is 6. The molecule has 0 saturated carbocycles. The van der Waals surface area contributed by atoms with E-state index in [-0.39, 0.29) is 40.6 Å². The van der Waals surface area contributed by atoms with Crippen LogP contribution in [0.2, 0.25) is 0 Å². The minimum Gasteiger partial charge on any atom is -0.497 e. The van der Waals surface area contributed by atoms with Crippen molar-refractivity contribution in [3.05, 3.63) is 28.3 Å². The lowest BCUT2D eigenvalue weighted by Crippen LogP contribution is -2.25. The maximum Gasteiger partial charge on any atom is 0.293 e. The molecule has 1 heterocycles. The predicted molar refractivity (Wildman–Crippen MR) is 78.7 cm³/mol. The molecule has 112 valence electrons. The Balaban J connectivity index is 2.34. The normalized spacial score (nSPS) is 17.9. The van der Waals surface area contributed by atoms with Crippen LogP contribution in [0.3, 0.4) is 0 Å². The second kappa shape index (κ2) is 6.13. The van der Waals surface area contributed by atoms with Crippen LogP contribution in [0, 0.1) is 10.1 Å². The standard InChI is InChI=1S/C13H14N2O5S/c1-8(16)21-10-6-13(17)14(7-10)12-5-9(20-2)3-4-11(12)15(18)19/h3-5,10H,6-7H2,1-2H3. The molecule has 1 aliphatic rings. The van der Waals surface area contributed by atoms with E-state index in [0.29, 0.717) is 5.75 Å². The van der Waals surface area contributed by atoms with E-state index >= 15 is 0 Å². The van der Waals surface area contributed by atoms with Gasteiger partial charge in [-0.15, -0.1) is 0 Å². The highest BCUT2D eigenvalue weighted by atomic mass is 32.2. The molecule has 0 aromatic heterocycles. The van der Waals surface area contributed by atoms with Crippen molar-refractivity contribution in [3.8, 4) is 5.75 Å². The lowest BCUT2D eigenvalue weighted by Gasteiger charge is -2.17. The second-order valence-electron chi connectivity index (χ2n) is 4.55. The van der Waals surface area contributed by atoms with Crippen LogP contribution >= 0.6 is 11.8 Å². The predicted octanol–water partition coefficient (Wildman–Crippen LogP) is 1.99. The van der Waals surface area contributed by atoms with Gasteiger partial charge in [0.15, 0.2) is 5.12 Å². The van der Waals surface area contributed by atoms with Crippen LogP contribution in [-0.2, 0) is 9.59 Å². The summed E-state index contributed by atoms with van der Waals surface area (Å²) < 4.78 is 5.06. The molecule has 1 fully saturated rings. The SMILES string of the molecule is COc1ccc([N+](=O)[O-])c(N2CC(SC(C)=O)CC2=O)c1. The van der Waals surface area contributed by atoms with Gasteiger partial charge in [-0.25, -0.2) is 0 Å². The van der Waals surface area contributed by atoms with E-state index in [1.54, 1.807) is 0 Å². The topological polar surface area (TPSA) is 89.8 Å². The maximum absolute atomic E-state index is 12.1. The molecule has 0 bridgehead atoms. The number of anilines is 1. The molecular formula is C13H14N2O5S. The van der Waals surface area contributed by atoms with Crippen molar-refractivity contribution < 1.29 is 19.2 Å². The highest BCUT2D eigenvalue weighted by Gasteiger charge is 2.35. The Morgan fingerprint density at radius 3 is 2.81 bits per heavy atom. The number of carbonyl (C=O) groups excluding carboxylic acids is 2. The molecule has 1 aromatic rings. The Kier molecular flexibility index (Phi) is 4.46. The number of methoxy groups -OCH3 is 1. The van der Waals surface area contributed by atoms with Gasteiger partial charge >= 0.3 is 0 Å². The number of hydrogen-bond donors (Lipinski definition) is 0. The third-order valence-corrected chi connectivity index (χ3v) is 4.07. The maximum atomic E-state index is 12.1. The summed E-state index contributed by atoms with van der Waals surface area (Å²) in [6.07, 6.45) is 0.193. The van der Waals surface area contributed by atoms with Gasteiger partial charge in [0.05, 0.1) is 12.0 Å². The Bertz CT molecular complexity index is 604. The zero-order valence-electron chi connectivity index (χ0n) is 11.6. The zero-order valence-corrected chi connectivity index (χ0v) is 12.4. The van der Waals surface area contributed by atoms with E-state index < -0.39 is 4.92 Å². The number of amides is 1.